The van der Waals surface area contributed by atoms with E-state index in [0.717, 1.165) is 12.5 Å². The van der Waals surface area contributed by atoms with E-state index >= 15 is 0 Å². The Morgan fingerprint density at radius 3 is 1.79 bits per heavy atom. The van der Waals surface area contributed by atoms with E-state index in [0.29, 0.717) is 0 Å². The Hall–Kier alpha value is -1.95. The molecule has 0 fully saturated rings. The van der Waals surface area contributed by atoms with E-state index in [2.05, 4.69) is 111 Å². The fraction of sp³-hybridized carbons (Fsp3) is 0.280. The minimum atomic E-state index is -2.05. The summed E-state index contributed by atoms with van der Waals surface area (Å²) in [4.78, 5) is 0. The van der Waals surface area contributed by atoms with E-state index in [1.165, 1.54) is 27.9 Å². The zero-order chi connectivity index (χ0) is 20.0. The first-order chi connectivity index (χ1) is 13.4. The highest BCUT2D eigenvalue weighted by Crippen LogP contribution is 2.22. The van der Waals surface area contributed by atoms with Gasteiger partial charge in [0.1, 0.15) is 0 Å². The third-order valence-electron chi connectivity index (χ3n) is 5.57. The van der Waals surface area contributed by atoms with Gasteiger partial charge in [-0.3, -0.25) is 0 Å². The molecule has 3 rings (SSSR count). The number of hydrogen-bond donors (Lipinski definition) is 0. The second-order valence-corrected chi connectivity index (χ2v) is 16.4. The van der Waals surface area contributed by atoms with Crippen LogP contribution in [-0.4, -0.2) is 16.6 Å². The molecule has 1 unspecified atom stereocenters. The quantitative estimate of drug-likeness (QED) is 0.448. The third kappa shape index (κ3) is 5.31. The molecule has 0 heterocycles. The topological polar surface area (TPSA) is 9.23 Å². The summed E-state index contributed by atoms with van der Waals surface area (Å²) in [6.45, 7) is 9.25. The molecule has 0 aliphatic heterocycles. The van der Waals surface area contributed by atoms with Gasteiger partial charge in [0.2, 0.25) is 16.6 Å². The average Bonchev–Trinajstić information content (AvgIpc) is 2.70. The van der Waals surface area contributed by atoms with Crippen molar-refractivity contribution in [3.8, 4) is 0 Å². The van der Waals surface area contributed by atoms with Gasteiger partial charge in [-0.15, -0.1) is 0 Å². The first-order valence-corrected chi connectivity index (χ1v) is 15.8. The van der Waals surface area contributed by atoms with Crippen molar-refractivity contribution in [1.29, 1.82) is 0 Å². The van der Waals surface area contributed by atoms with Gasteiger partial charge < -0.3 is 4.12 Å². The summed E-state index contributed by atoms with van der Waals surface area (Å²) in [5, 5.41) is 2.79. The van der Waals surface area contributed by atoms with Crippen molar-refractivity contribution >= 4 is 27.0 Å². The molecule has 0 aliphatic carbocycles. The van der Waals surface area contributed by atoms with E-state index in [1.54, 1.807) is 0 Å². The summed E-state index contributed by atoms with van der Waals surface area (Å²) in [6.07, 6.45) is 2.28. The summed E-state index contributed by atoms with van der Waals surface area (Å²) in [7, 11) is -4.02. The summed E-state index contributed by atoms with van der Waals surface area (Å²) in [5.74, 6) is 0. The second-order valence-electron chi connectivity index (χ2n) is 8.41. The molecule has 0 spiro atoms. The minimum absolute atomic E-state index is 1.12. The lowest BCUT2D eigenvalue weighted by Gasteiger charge is -2.37. The molecule has 3 heteroatoms. The number of hydrogen-bond acceptors (Lipinski definition) is 1. The molecule has 0 aromatic heterocycles. The molecule has 0 saturated heterocycles. The van der Waals surface area contributed by atoms with Crippen LogP contribution in [0.25, 0.3) is 0 Å². The molecule has 3 aromatic carbocycles. The molecule has 1 nitrogen and oxygen atoms in total. The fourth-order valence-corrected chi connectivity index (χ4v) is 12.8. The van der Waals surface area contributed by atoms with Crippen molar-refractivity contribution in [2.45, 2.75) is 45.5 Å². The van der Waals surface area contributed by atoms with Gasteiger partial charge in [0.05, 0.1) is 0 Å². The van der Waals surface area contributed by atoms with E-state index in [4.69, 9.17) is 4.12 Å². The van der Waals surface area contributed by atoms with E-state index in [9.17, 15) is 0 Å². The third-order valence-corrected chi connectivity index (χ3v) is 14.0. The molecule has 28 heavy (non-hydrogen) atoms. The van der Waals surface area contributed by atoms with Gasteiger partial charge in [-0.1, -0.05) is 90.5 Å². The lowest BCUT2D eigenvalue weighted by molar-refractivity contribution is 0.558. The molecular weight excluding hydrogens is 372 g/mol. The molecule has 0 radical (unpaired) electrons. The van der Waals surface area contributed by atoms with Gasteiger partial charge in [-0.25, -0.2) is 0 Å². The van der Waals surface area contributed by atoms with Crippen LogP contribution in [0, 0.1) is 6.92 Å². The Morgan fingerprint density at radius 1 is 0.679 bits per heavy atom. The zero-order valence-corrected chi connectivity index (χ0v) is 19.6. The highest BCUT2D eigenvalue weighted by molar-refractivity contribution is 6.97. The molecule has 0 saturated carbocycles. The van der Waals surface area contributed by atoms with Gasteiger partial charge in [0.25, 0.3) is 0 Å². The van der Waals surface area contributed by atoms with Crippen LogP contribution in [0.15, 0.2) is 84.9 Å². The Balaban J connectivity index is 1.78. The van der Waals surface area contributed by atoms with Crippen LogP contribution in [0.3, 0.4) is 0 Å². The van der Waals surface area contributed by atoms with Crippen LogP contribution in [0.2, 0.25) is 25.7 Å². The number of rotatable bonds is 8. The van der Waals surface area contributed by atoms with Crippen molar-refractivity contribution in [2.75, 3.05) is 0 Å². The minimum Gasteiger partial charge on any atom is -0.449 e. The maximum absolute atomic E-state index is 7.13. The van der Waals surface area contributed by atoms with Crippen LogP contribution in [-0.2, 0) is 10.5 Å². The summed E-state index contributed by atoms with van der Waals surface area (Å²) < 4.78 is 7.13. The van der Waals surface area contributed by atoms with Crippen molar-refractivity contribution < 1.29 is 4.12 Å². The molecule has 0 bridgehead atoms. The number of benzene rings is 3. The van der Waals surface area contributed by atoms with E-state index in [1.807, 2.05) is 0 Å². The average molecular weight is 405 g/mol. The molecule has 1 atom stereocenters. The standard InChI is InChI=1S/C25H32OSi2/c1-22-17-19-23(20-18-22)12-11-21-28(4,25-15-9-6-10-16-25)26-27(2,3)24-13-7-5-8-14-24/h5-10,13-20H,11-12,21H2,1-4H3. The molecule has 0 amide bonds. The molecule has 3 aromatic rings. The SMILES string of the molecule is Cc1ccc(CCC[Si](C)(O[Si](C)(C)c2ccccc2)c2ccccc2)cc1. The summed E-state index contributed by atoms with van der Waals surface area (Å²) >= 11 is 0. The van der Waals surface area contributed by atoms with Crippen LogP contribution >= 0.6 is 0 Å². The van der Waals surface area contributed by atoms with Crippen molar-refractivity contribution in [1.82, 2.24) is 0 Å². The van der Waals surface area contributed by atoms with Crippen LogP contribution < -0.4 is 10.4 Å². The highest BCUT2D eigenvalue weighted by Gasteiger charge is 2.38. The maximum Gasteiger partial charge on any atom is 0.209 e. The van der Waals surface area contributed by atoms with Crippen LogP contribution in [0.5, 0.6) is 0 Å². The smallest absolute Gasteiger partial charge is 0.209 e. The van der Waals surface area contributed by atoms with Crippen LogP contribution in [0.1, 0.15) is 17.5 Å². The largest absolute Gasteiger partial charge is 0.449 e. The molecule has 146 valence electrons. The van der Waals surface area contributed by atoms with Gasteiger partial charge in [-0.2, -0.15) is 0 Å². The summed E-state index contributed by atoms with van der Waals surface area (Å²) in [6, 6.07) is 31.9. The van der Waals surface area contributed by atoms with Crippen LogP contribution in [0.4, 0.5) is 0 Å². The summed E-state index contributed by atoms with van der Waals surface area (Å²) in [5.41, 5.74) is 2.75. The Morgan fingerprint density at radius 2 is 1.21 bits per heavy atom. The van der Waals surface area contributed by atoms with Gasteiger partial charge >= 0.3 is 0 Å². The van der Waals surface area contributed by atoms with E-state index in [-0.39, 0.29) is 0 Å². The fourth-order valence-electron chi connectivity index (χ4n) is 3.89. The first kappa shape index (κ1) is 20.8. The Bertz CT molecular complexity index is 860. The van der Waals surface area contributed by atoms with Gasteiger partial charge in [0, 0.05) is 0 Å². The predicted molar refractivity (Wildman–Crippen MR) is 127 cm³/mol. The van der Waals surface area contributed by atoms with Crippen molar-refractivity contribution in [3.63, 3.8) is 0 Å². The number of aryl methyl sites for hydroxylation is 2. The van der Waals surface area contributed by atoms with Crippen molar-refractivity contribution in [2.24, 2.45) is 0 Å². The lowest BCUT2D eigenvalue weighted by Crippen LogP contribution is -2.59. The monoisotopic (exact) mass is 404 g/mol. The predicted octanol–water partition coefficient (Wildman–Crippen LogP) is 5.54. The molecule has 0 N–H and O–H groups in total. The Kier molecular flexibility index (Phi) is 6.71. The second kappa shape index (κ2) is 9.04. The first-order valence-electron chi connectivity index (χ1n) is 10.3. The van der Waals surface area contributed by atoms with Gasteiger partial charge in [-0.05, 0) is 61.4 Å². The van der Waals surface area contributed by atoms with Crippen molar-refractivity contribution in [3.05, 3.63) is 96.1 Å². The normalized spacial score (nSPS) is 13.9. The highest BCUT2D eigenvalue weighted by atomic mass is 28.4. The maximum atomic E-state index is 7.13. The molecule has 0 aliphatic rings. The van der Waals surface area contributed by atoms with Gasteiger partial charge in [0.15, 0.2) is 0 Å². The molecular formula is C25H32OSi2. The lowest BCUT2D eigenvalue weighted by atomic mass is 10.1. The Labute approximate surface area is 172 Å². The van der Waals surface area contributed by atoms with E-state index < -0.39 is 16.6 Å². The zero-order valence-electron chi connectivity index (χ0n) is 17.6.